The molecule has 1 fully saturated rings. The molecule has 0 atom stereocenters. The van der Waals surface area contributed by atoms with Crippen molar-refractivity contribution in [2.75, 3.05) is 5.75 Å². The van der Waals surface area contributed by atoms with E-state index in [0.29, 0.717) is 5.75 Å². The number of hydrogen-bond donors (Lipinski definition) is 2. The molecular weight excluding hydrogens is 360 g/mol. The smallest absolute Gasteiger partial charge is 0.230 e. The summed E-state index contributed by atoms with van der Waals surface area (Å²) in [6, 6.07) is 8.29. The Kier molecular flexibility index (Phi) is 5.62. The van der Waals surface area contributed by atoms with Gasteiger partial charge >= 0.3 is 0 Å². The van der Waals surface area contributed by atoms with E-state index < -0.39 is 0 Å². The van der Waals surface area contributed by atoms with Crippen molar-refractivity contribution < 1.29 is 4.79 Å². The van der Waals surface area contributed by atoms with Crippen LogP contribution in [0.2, 0.25) is 0 Å². The van der Waals surface area contributed by atoms with Crippen molar-refractivity contribution in [2.24, 2.45) is 0 Å². The first kappa shape index (κ1) is 17.8. The van der Waals surface area contributed by atoms with Crippen molar-refractivity contribution >= 4 is 33.6 Å². The van der Waals surface area contributed by atoms with Crippen LogP contribution in [0, 0.1) is 0 Å². The third-order valence-corrected chi connectivity index (χ3v) is 5.28. The molecule has 2 N–H and O–H groups in total. The molecule has 3 nitrogen and oxygen atoms in total. The number of carbonyl (C=O) groups excluding carboxylic acids is 1. The van der Waals surface area contributed by atoms with Crippen LogP contribution in [-0.2, 0) is 4.79 Å². The van der Waals surface area contributed by atoms with Crippen LogP contribution in [0.4, 0.5) is 0 Å². The molecule has 1 aromatic rings. The summed E-state index contributed by atoms with van der Waals surface area (Å²) >= 11 is 5.00. The average Bonchev–Trinajstić information content (AvgIpc) is 2.34. The summed E-state index contributed by atoms with van der Waals surface area (Å²) in [5.74, 6) is 0.582. The third kappa shape index (κ3) is 5.60. The normalized spacial score (nSPS) is 20.6. The monoisotopic (exact) mass is 384 g/mol. The van der Waals surface area contributed by atoms with Gasteiger partial charge in [-0.3, -0.25) is 4.79 Å². The van der Waals surface area contributed by atoms with E-state index in [0.717, 1.165) is 22.2 Å². The molecule has 1 heterocycles. The third-order valence-electron chi connectivity index (χ3n) is 3.74. The Morgan fingerprint density at radius 1 is 1.23 bits per heavy atom. The van der Waals surface area contributed by atoms with Gasteiger partial charge in [-0.1, -0.05) is 15.9 Å². The summed E-state index contributed by atoms with van der Waals surface area (Å²) in [5, 5.41) is 6.84. The quantitative estimate of drug-likeness (QED) is 0.771. The Balaban J connectivity index is 1.85. The van der Waals surface area contributed by atoms with Gasteiger partial charge in [0.1, 0.15) is 0 Å². The van der Waals surface area contributed by atoms with Crippen molar-refractivity contribution in [1.29, 1.82) is 0 Å². The molecular formula is C17H25BrN2OS. The second-order valence-corrected chi connectivity index (χ2v) is 9.27. The zero-order valence-electron chi connectivity index (χ0n) is 13.7. The largest absolute Gasteiger partial charge is 0.353 e. The number of amides is 1. The minimum atomic E-state index is 0.0541. The Bertz CT molecular complexity index is 512. The lowest BCUT2D eigenvalue weighted by Crippen LogP contribution is -2.62. The molecule has 0 aliphatic carbocycles. The summed E-state index contributed by atoms with van der Waals surface area (Å²) in [7, 11) is 0. The van der Waals surface area contributed by atoms with Crippen molar-refractivity contribution in [3.63, 3.8) is 0 Å². The molecule has 5 heteroatoms. The van der Waals surface area contributed by atoms with Gasteiger partial charge in [-0.15, -0.1) is 11.8 Å². The van der Waals surface area contributed by atoms with Gasteiger partial charge in [0.05, 0.1) is 5.75 Å². The maximum absolute atomic E-state index is 12.2. The first-order valence-corrected chi connectivity index (χ1v) is 9.40. The number of hydrogen-bond acceptors (Lipinski definition) is 3. The van der Waals surface area contributed by atoms with E-state index in [1.54, 1.807) is 11.8 Å². The number of thioether (sulfide) groups is 1. The van der Waals surface area contributed by atoms with Gasteiger partial charge in [0.25, 0.3) is 0 Å². The Hall–Kier alpha value is -0.520. The lowest BCUT2D eigenvalue weighted by molar-refractivity contribution is -0.119. The summed E-state index contributed by atoms with van der Waals surface area (Å²) in [6.07, 6.45) is 1.93. The first-order valence-electron chi connectivity index (χ1n) is 7.62. The number of carbonyl (C=O) groups is 1. The van der Waals surface area contributed by atoms with Gasteiger partial charge in [-0.25, -0.2) is 0 Å². The molecule has 22 heavy (non-hydrogen) atoms. The van der Waals surface area contributed by atoms with E-state index >= 15 is 0 Å². The van der Waals surface area contributed by atoms with E-state index in [9.17, 15) is 4.79 Å². The molecule has 0 saturated carbocycles. The van der Waals surface area contributed by atoms with Crippen LogP contribution < -0.4 is 10.6 Å². The predicted molar refractivity (Wildman–Crippen MR) is 97.3 cm³/mol. The van der Waals surface area contributed by atoms with Gasteiger partial charge in [0.2, 0.25) is 5.91 Å². The van der Waals surface area contributed by atoms with Gasteiger partial charge in [0, 0.05) is 26.5 Å². The highest BCUT2D eigenvalue weighted by Crippen LogP contribution is 2.28. The van der Waals surface area contributed by atoms with Crippen LogP contribution in [0.5, 0.6) is 0 Å². The lowest BCUT2D eigenvalue weighted by Gasteiger charge is -2.46. The summed E-state index contributed by atoms with van der Waals surface area (Å²) in [5.41, 5.74) is 0.108. The van der Waals surface area contributed by atoms with Crippen molar-refractivity contribution in [3.05, 3.63) is 28.7 Å². The van der Waals surface area contributed by atoms with Crippen LogP contribution in [0.1, 0.15) is 40.5 Å². The summed E-state index contributed by atoms with van der Waals surface area (Å²) < 4.78 is 1.06. The van der Waals surface area contributed by atoms with Crippen LogP contribution in [0.15, 0.2) is 33.6 Å². The van der Waals surface area contributed by atoms with Crippen LogP contribution in [0.25, 0.3) is 0 Å². The fourth-order valence-corrected chi connectivity index (χ4v) is 4.35. The molecule has 0 unspecified atom stereocenters. The molecule has 1 aliphatic rings. The van der Waals surface area contributed by atoms with Crippen LogP contribution in [0.3, 0.4) is 0 Å². The second kappa shape index (κ2) is 6.93. The number of piperidine rings is 1. The van der Waals surface area contributed by atoms with E-state index in [-0.39, 0.29) is 23.0 Å². The van der Waals surface area contributed by atoms with E-state index in [2.05, 4.69) is 54.3 Å². The highest BCUT2D eigenvalue weighted by atomic mass is 79.9. The van der Waals surface area contributed by atoms with Gasteiger partial charge in [-0.2, -0.15) is 0 Å². The molecule has 0 aromatic heterocycles. The molecule has 0 radical (unpaired) electrons. The van der Waals surface area contributed by atoms with Gasteiger partial charge in [0.15, 0.2) is 0 Å². The number of rotatable bonds is 4. The predicted octanol–water partition coefficient (Wildman–Crippen LogP) is 3.97. The summed E-state index contributed by atoms with van der Waals surface area (Å²) in [4.78, 5) is 13.3. The minimum Gasteiger partial charge on any atom is -0.353 e. The zero-order valence-corrected chi connectivity index (χ0v) is 16.1. The number of nitrogens with one attached hydrogen (secondary N) is 2. The average molecular weight is 385 g/mol. The van der Waals surface area contributed by atoms with Gasteiger partial charge in [-0.05, 0) is 64.8 Å². The Labute approximate surface area is 146 Å². The number of benzene rings is 1. The SMILES string of the molecule is CC1(C)CC(NC(=O)CSc2ccc(Br)cc2)CC(C)(C)N1. The highest BCUT2D eigenvalue weighted by Gasteiger charge is 2.38. The molecule has 0 bridgehead atoms. The topological polar surface area (TPSA) is 41.1 Å². The fourth-order valence-electron chi connectivity index (χ4n) is 3.37. The van der Waals surface area contributed by atoms with Crippen molar-refractivity contribution in [3.8, 4) is 0 Å². The Morgan fingerprint density at radius 2 is 1.77 bits per heavy atom. The fraction of sp³-hybridized carbons (Fsp3) is 0.588. The van der Waals surface area contributed by atoms with Crippen molar-refractivity contribution in [1.82, 2.24) is 10.6 Å². The standard InChI is InChI=1S/C17H25BrN2OS/c1-16(2)9-13(10-17(3,4)20-16)19-15(21)11-22-14-7-5-12(18)6-8-14/h5-8,13,20H,9-11H2,1-4H3,(H,19,21). The molecule has 2 rings (SSSR count). The van der Waals surface area contributed by atoms with E-state index in [1.807, 2.05) is 24.3 Å². The molecule has 1 aromatic carbocycles. The highest BCUT2D eigenvalue weighted by molar-refractivity contribution is 9.10. The maximum Gasteiger partial charge on any atom is 0.230 e. The zero-order chi connectivity index (χ0) is 16.4. The molecule has 1 aliphatic heterocycles. The molecule has 1 saturated heterocycles. The molecule has 122 valence electrons. The number of halogens is 1. The molecule has 1 amide bonds. The molecule has 0 spiro atoms. The van der Waals surface area contributed by atoms with Crippen molar-refractivity contribution in [2.45, 2.75) is 62.6 Å². The first-order chi connectivity index (χ1) is 10.2. The minimum absolute atomic E-state index is 0.0541. The Morgan fingerprint density at radius 3 is 2.32 bits per heavy atom. The maximum atomic E-state index is 12.2. The van der Waals surface area contributed by atoms with E-state index in [4.69, 9.17) is 0 Å². The van der Waals surface area contributed by atoms with Crippen LogP contribution >= 0.6 is 27.7 Å². The van der Waals surface area contributed by atoms with E-state index in [1.165, 1.54) is 0 Å². The van der Waals surface area contributed by atoms with Crippen LogP contribution in [-0.4, -0.2) is 28.8 Å². The summed E-state index contributed by atoms with van der Waals surface area (Å²) in [6.45, 7) is 8.79. The lowest BCUT2D eigenvalue weighted by atomic mass is 9.79. The second-order valence-electron chi connectivity index (χ2n) is 7.31. The van der Waals surface area contributed by atoms with Gasteiger partial charge < -0.3 is 10.6 Å².